The highest BCUT2D eigenvalue weighted by molar-refractivity contribution is 5.94. The maximum absolute atomic E-state index is 12.5. The second-order valence-electron chi connectivity index (χ2n) is 5.69. The third kappa shape index (κ3) is 3.00. The van der Waals surface area contributed by atoms with E-state index in [9.17, 15) is 9.59 Å². The maximum Gasteiger partial charge on any atom is 0.416 e. The van der Waals surface area contributed by atoms with Crippen molar-refractivity contribution in [2.24, 2.45) is 11.8 Å². The van der Waals surface area contributed by atoms with Crippen molar-refractivity contribution in [2.75, 3.05) is 6.61 Å². The molecular formula is C16H21NO3. The van der Waals surface area contributed by atoms with Crippen LogP contribution in [0.5, 0.6) is 0 Å². The van der Waals surface area contributed by atoms with Gasteiger partial charge in [-0.2, -0.15) is 0 Å². The highest BCUT2D eigenvalue weighted by Gasteiger charge is 2.40. The van der Waals surface area contributed by atoms with Gasteiger partial charge in [-0.25, -0.2) is 9.69 Å². The molecule has 1 fully saturated rings. The van der Waals surface area contributed by atoms with Gasteiger partial charge in [-0.3, -0.25) is 4.79 Å². The fraction of sp³-hybridized carbons (Fsp3) is 0.500. The number of imide groups is 1. The van der Waals surface area contributed by atoms with Gasteiger partial charge in [-0.15, -0.1) is 0 Å². The standard InChI is InChI=1S/C16H21NO3/c1-11(2)14-10-20-16(19)17(14)15(18)12(3)9-13-7-5-4-6-8-13/h4-8,11-12,14H,9-10H2,1-3H3/t12-,14+/m0/s1. The van der Waals surface area contributed by atoms with Crippen molar-refractivity contribution in [1.82, 2.24) is 4.90 Å². The molecule has 1 saturated heterocycles. The number of ether oxygens (including phenoxy) is 1. The van der Waals surface area contributed by atoms with Gasteiger partial charge in [0.2, 0.25) is 5.91 Å². The van der Waals surface area contributed by atoms with Crippen LogP contribution < -0.4 is 0 Å². The first-order valence-electron chi connectivity index (χ1n) is 7.04. The molecule has 0 unspecified atom stereocenters. The lowest BCUT2D eigenvalue weighted by atomic mass is 9.97. The molecule has 108 valence electrons. The largest absolute Gasteiger partial charge is 0.447 e. The van der Waals surface area contributed by atoms with Gasteiger partial charge in [-0.1, -0.05) is 51.1 Å². The Hall–Kier alpha value is -1.84. The van der Waals surface area contributed by atoms with Crippen molar-refractivity contribution in [3.05, 3.63) is 35.9 Å². The minimum atomic E-state index is -0.506. The summed E-state index contributed by atoms with van der Waals surface area (Å²) in [6, 6.07) is 9.69. The van der Waals surface area contributed by atoms with E-state index >= 15 is 0 Å². The average Bonchev–Trinajstić information content (AvgIpc) is 2.81. The van der Waals surface area contributed by atoms with Gasteiger partial charge in [0.05, 0.1) is 6.04 Å². The Kier molecular flexibility index (Phi) is 4.42. The molecule has 1 aliphatic heterocycles. The topological polar surface area (TPSA) is 46.6 Å². The third-order valence-corrected chi connectivity index (χ3v) is 3.72. The minimum absolute atomic E-state index is 0.143. The number of nitrogens with zero attached hydrogens (tertiary/aromatic N) is 1. The Bertz CT molecular complexity index is 484. The van der Waals surface area contributed by atoms with E-state index in [4.69, 9.17) is 4.74 Å². The van der Waals surface area contributed by atoms with Gasteiger partial charge < -0.3 is 4.74 Å². The summed E-state index contributed by atoms with van der Waals surface area (Å²) in [6.07, 6.45) is 0.127. The van der Waals surface area contributed by atoms with Crippen LogP contribution in [0.2, 0.25) is 0 Å². The Balaban J connectivity index is 2.07. The fourth-order valence-electron chi connectivity index (χ4n) is 2.47. The van der Waals surface area contributed by atoms with E-state index in [0.717, 1.165) is 5.56 Å². The second kappa shape index (κ2) is 6.07. The summed E-state index contributed by atoms with van der Waals surface area (Å²) in [4.78, 5) is 25.6. The molecule has 1 aromatic carbocycles. The van der Waals surface area contributed by atoms with Gasteiger partial charge in [0.1, 0.15) is 6.61 Å². The van der Waals surface area contributed by atoms with Gasteiger partial charge >= 0.3 is 6.09 Å². The smallest absolute Gasteiger partial charge is 0.416 e. The molecule has 1 aliphatic rings. The minimum Gasteiger partial charge on any atom is -0.447 e. The van der Waals surface area contributed by atoms with Crippen molar-refractivity contribution in [2.45, 2.75) is 33.2 Å². The number of carbonyl (C=O) groups excluding carboxylic acids is 2. The molecule has 1 aromatic rings. The van der Waals surface area contributed by atoms with Crippen molar-refractivity contribution in [3.63, 3.8) is 0 Å². The zero-order valence-corrected chi connectivity index (χ0v) is 12.2. The number of amides is 2. The lowest BCUT2D eigenvalue weighted by molar-refractivity contribution is -0.133. The predicted molar refractivity (Wildman–Crippen MR) is 76.1 cm³/mol. The van der Waals surface area contributed by atoms with Crippen LogP contribution in [0, 0.1) is 11.8 Å². The van der Waals surface area contributed by atoms with Crippen LogP contribution in [0.4, 0.5) is 4.79 Å². The van der Waals surface area contributed by atoms with Crippen LogP contribution in [-0.4, -0.2) is 29.5 Å². The Morgan fingerprint density at radius 3 is 2.55 bits per heavy atom. The zero-order valence-electron chi connectivity index (χ0n) is 12.2. The van der Waals surface area contributed by atoms with E-state index in [-0.39, 0.29) is 23.8 Å². The first-order chi connectivity index (χ1) is 9.50. The predicted octanol–water partition coefficient (Wildman–Crippen LogP) is 2.87. The molecule has 2 rings (SSSR count). The summed E-state index contributed by atoms with van der Waals surface area (Å²) in [5, 5.41) is 0. The second-order valence-corrected chi connectivity index (χ2v) is 5.69. The van der Waals surface area contributed by atoms with Gasteiger partial charge in [0.25, 0.3) is 0 Å². The molecular weight excluding hydrogens is 254 g/mol. The number of hydrogen-bond acceptors (Lipinski definition) is 3. The normalized spacial score (nSPS) is 20.1. The van der Waals surface area contributed by atoms with E-state index in [1.807, 2.05) is 51.1 Å². The van der Waals surface area contributed by atoms with Crippen LogP contribution in [0.15, 0.2) is 30.3 Å². The van der Waals surface area contributed by atoms with Crippen molar-refractivity contribution >= 4 is 12.0 Å². The molecule has 2 atom stereocenters. The molecule has 4 heteroatoms. The van der Waals surface area contributed by atoms with Crippen molar-refractivity contribution in [3.8, 4) is 0 Å². The first kappa shape index (κ1) is 14.6. The quantitative estimate of drug-likeness (QED) is 0.849. The molecule has 20 heavy (non-hydrogen) atoms. The van der Waals surface area contributed by atoms with E-state index in [1.165, 1.54) is 4.90 Å². The van der Waals surface area contributed by atoms with Crippen LogP contribution in [0.25, 0.3) is 0 Å². The summed E-state index contributed by atoms with van der Waals surface area (Å²) in [6.45, 7) is 6.15. The number of cyclic esters (lactones) is 1. The van der Waals surface area contributed by atoms with Crippen LogP contribution in [0.1, 0.15) is 26.3 Å². The van der Waals surface area contributed by atoms with Gasteiger partial charge in [-0.05, 0) is 17.9 Å². The first-order valence-corrected chi connectivity index (χ1v) is 7.04. The Morgan fingerprint density at radius 2 is 1.95 bits per heavy atom. The molecule has 0 N–H and O–H groups in total. The molecule has 0 aromatic heterocycles. The molecule has 0 spiro atoms. The number of carbonyl (C=O) groups is 2. The highest BCUT2D eigenvalue weighted by atomic mass is 16.6. The third-order valence-electron chi connectivity index (χ3n) is 3.72. The number of benzene rings is 1. The summed E-state index contributed by atoms with van der Waals surface area (Å²) < 4.78 is 5.03. The lowest BCUT2D eigenvalue weighted by Gasteiger charge is -2.25. The van der Waals surface area contributed by atoms with Crippen LogP contribution in [-0.2, 0) is 16.0 Å². The average molecular weight is 275 g/mol. The van der Waals surface area contributed by atoms with Crippen LogP contribution in [0.3, 0.4) is 0 Å². The summed E-state index contributed by atoms with van der Waals surface area (Å²) in [7, 11) is 0. The molecule has 2 amide bonds. The maximum atomic E-state index is 12.5. The molecule has 0 aliphatic carbocycles. The summed E-state index contributed by atoms with van der Waals surface area (Å²) in [5.74, 6) is -0.173. The highest BCUT2D eigenvalue weighted by Crippen LogP contribution is 2.23. The number of rotatable bonds is 4. The fourth-order valence-corrected chi connectivity index (χ4v) is 2.47. The SMILES string of the molecule is CC(C)[C@H]1COC(=O)N1C(=O)[C@@H](C)Cc1ccccc1. The molecule has 4 nitrogen and oxygen atoms in total. The Morgan fingerprint density at radius 1 is 1.30 bits per heavy atom. The zero-order chi connectivity index (χ0) is 14.7. The van der Waals surface area contributed by atoms with E-state index in [2.05, 4.69) is 0 Å². The van der Waals surface area contributed by atoms with E-state index in [1.54, 1.807) is 0 Å². The van der Waals surface area contributed by atoms with E-state index < -0.39 is 6.09 Å². The van der Waals surface area contributed by atoms with Crippen LogP contribution >= 0.6 is 0 Å². The Labute approximate surface area is 119 Å². The molecule has 0 bridgehead atoms. The molecule has 0 saturated carbocycles. The summed E-state index contributed by atoms with van der Waals surface area (Å²) >= 11 is 0. The lowest BCUT2D eigenvalue weighted by Crippen LogP contribution is -2.44. The van der Waals surface area contributed by atoms with Crippen molar-refractivity contribution < 1.29 is 14.3 Å². The van der Waals surface area contributed by atoms with E-state index in [0.29, 0.717) is 13.0 Å². The monoisotopic (exact) mass is 275 g/mol. The molecule has 0 radical (unpaired) electrons. The van der Waals surface area contributed by atoms with Crippen molar-refractivity contribution in [1.29, 1.82) is 0 Å². The molecule has 1 heterocycles. The summed E-state index contributed by atoms with van der Waals surface area (Å²) in [5.41, 5.74) is 1.10. The number of hydrogen-bond donors (Lipinski definition) is 0. The van der Waals surface area contributed by atoms with Gasteiger partial charge in [0, 0.05) is 5.92 Å². The van der Waals surface area contributed by atoms with Gasteiger partial charge in [0.15, 0.2) is 0 Å².